The standard InChI is InChI=1S/C15H19Cl3N2O/c1-9(2)8-20(11-3-4-19-7-11)15(21)12-5-10(16)6-13(17)14(12)18/h5-6,9,11,19H,3-4,7-8H2,1-2H3. The Kier molecular flexibility index (Phi) is 5.78. The fourth-order valence-corrected chi connectivity index (χ4v) is 3.25. The molecule has 0 bridgehead atoms. The smallest absolute Gasteiger partial charge is 0.255 e. The largest absolute Gasteiger partial charge is 0.334 e. The van der Waals surface area contributed by atoms with E-state index >= 15 is 0 Å². The van der Waals surface area contributed by atoms with Crippen LogP contribution in [-0.4, -0.2) is 36.5 Å². The molecule has 1 unspecified atom stereocenters. The molecule has 116 valence electrons. The molecule has 1 aromatic rings. The number of carbonyl (C=O) groups is 1. The zero-order valence-corrected chi connectivity index (χ0v) is 14.4. The van der Waals surface area contributed by atoms with Gasteiger partial charge in [0.25, 0.3) is 5.91 Å². The first-order chi connectivity index (χ1) is 9.90. The number of halogens is 3. The number of nitrogens with one attached hydrogen (secondary N) is 1. The lowest BCUT2D eigenvalue weighted by Crippen LogP contribution is -2.43. The van der Waals surface area contributed by atoms with E-state index in [9.17, 15) is 4.79 Å². The van der Waals surface area contributed by atoms with Crippen molar-refractivity contribution in [1.29, 1.82) is 0 Å². The molecule has 1 amide bonds. The predicted molar refractivity (Wildman–Crippen MR) is 88.6 cm³/mol. The highest BCUT2D eigenvalue weighted by atomic mass is 35.5. The van der Waals surface area contributed by atoms with Crippen LogP contribution in [0.15, 0.2) is 12.1 Å². The van der Waals surface area contributed by atoms with Crippen molar-refractivity contribution >= 4 is 40.7 Å². The summed E-state index contributed by atoms with van der Waals surface area (Å²) in [6.07, 6.45) is 0.949. The van der Waals surface area contributed by atoms with Crippen molar-refractivity contribution in [2.75, 3.05) is 19.6 Å². The van der Waals surface area contributed by atoms with Gasteiger partial charge in [0.1, 0.15) is 0 Å². The van der Waals surface area contributed by atoms with Gasteiger partial charge in [-0.1, -0.05) is 48.7 Å². The van der Waals surface area contributed by atoms with Crippen LogP contribution >= 0.6 is 34.8 Å². The molecule has 1 heterocycles. The lowest BCUT2D eigenvalue weighted by atomic mass is 10.1. The summed E-state index contributed by atoms with van der Waals surface area (Å²) in [6, 6.07) is 3.33. The Morgan fingerprint density at radius 2 is 2.10 bits per heavy atom. The molecule has 1 N–H and O–H groups in total. The predicted octanol–water partition coefficient (Wildman–Crippen LogP) is 4.11. The van der Waals surface area contributed by atoms with Gasteiger partial charge in [-0.05, 0) is 31.0 Å². The first-order valence-corrected chi connectivity index (χ1v) is 8.19. The molecule has 2 rings (SSSR count). The maximum absolute atomic E-state index is 12.9. The molecule has 1 atom stereocenters. The van der Waals surface area contributed by atoms with Crippen LogP contribution in [-0.2, 0) is 0 Å². The molecule has 0 radical (unpaired) electrons. The third kappa shape index (κ3) is 4.04. The Morgan fingerprint density at radius 1 is 1.38 bits per heavy atom. The lowest BCUT2D eigenvalue weighted by molar-refractivity contribution is 0.0667. The van der Waals surface area contributed by atoms with Crippen molar-refractivity contribution in [3.05, 3.63) is 32.8 Å². The van der Waals surface area contributed by atoms with E-state index < -0.39 is 0 Å². The van der Waals surface area contributed by atoms with Gasteiger partial charge < -0.3 is 10.2 Å². The van der Waals surface area contributed by atoms with E-state index in [4.69, 9.17) is 34.8 Å². The summed E-state index contributed by atoms with van der Waals surface area (Å²) in [6.45, 7) is 6.61. The molecule has 0 aliphatic carbocycles. The van der Waals surface area contributed by atoms with Gasteiger partial charge in [0.15, 0.2) is 0 Å². The van der Waals surface area contributed by atoms with E-state index in [1.54, 1.807) is 12.1 Å². The summed E-state index contributed by atoms with van der Waals surface area (Å²) in [7, 11) is 0. The van der Waals surface area contributed by atoms with E-state index in [-0.39, 0.29) is 17.0 Å². The number of hydrogen-bond donors (Lipinski definition) is 1. The number of rotatable bonds is 4. The molecule has 1 aromatic carbocycles. The van der Waals surface area contributed by atoms with Crippen LogP contribution in [0.1, 0.15) is 30.6 Å². The molecule has 1 fully saturated rings. The first kappa shape index (κ1) is 16.9. The molecule has 6 heteroatoms. The number of amides is 1. The molecule has 0 aromatic heterocycles. The van der Waals surface area contributed by atoms with Gasteiger partial charge >= 0.3 is 0 Å². The van der Waals surface area contributed by atoms with E-state index in [1.807, 2.05) is 4.90 Å². The van der Waals surface area contributed by atoms with Crippen molar-refractivity contribution in [3.8, 4) is 0 Å². The topological polar surface area (TPSA) is 32.3 Å². The van der Waals surface area contributed by atoms with Gasteiger partial charge in [-0.3, -0.25) is 4.79 Å². The molecule has 21 heavy (non-hydrogen) atoms. The lowest BCUT2D eigenvalue weighted by Gasteiger charge is -2.30. The van der Waals surface area contributed by atoms with Gasteiger partial charge in [0.2, 0.25) is 0 Å². The van der Waals surface area contributed by atoms with Crippen molar-refractivity contribution < 1.29 is 4.79 Å². The first-order valence-electron chi connectivity index (χ1n) is 7.06. The SMILES string of the molecule is CC(C)CN(C(=O)c1cc(Cl)cc(Cl)c1Cl)C1CCNC1. The monoisotopic (exact) mass is 348 g/mol. The summed E-state index contributed by atoms with van der Waals surface area (Å²) < 4.78 is 0. The van der Waals surface area contributed by atoms with Crippen molar-refractivity contribution in [2.24, 2.45) is 5.92 Å². The molecular weight excluding hydrogens is 331 g/mol. The second-order valence-electron chi connectivity index (χ2n) is 5.75. The van der Waals surface area contributed by atoms with Crippen LogP contribution in [0.4, 0.5) is 0 Å². The third-order valence-corrected chi connectivity index (χ3v) is 4.54. The van der Waals surface area contributed by atoms with Crippen LogP contribution in [0.3, 0.4) is 0 Å². The summed E-state index contributed by atoms with van der Waals surface area (Å²) in [4.78, 5) is 14.8. The Bertz CT molecular complexity index is 528. The molecule has 0 spiro atoms. The normalized spacial score (nSPS) is 18.3. The number of carbonyl (C=O) groups excluding carboxylic acids is 1. The zero-order valence-electron chi connectivity index (χ0n) is 12.1. The number of nitrogens with zero attached hydrogens (tertiary/aromatic N) is 1. The van der Waals surface area contributed by atoms with Gasteiger partial charge in [0.05, 0.1) is 15.6 Å². The van der Waals surface area contributed by atoms with Gasteiger partial charge in [0, 0.05) is 24.2 Å². The average molecular weight is 350 g/mol. The molecule has 1 saturated heterocycles. The minimum Gasteiger partial charge on any atom is -0.334 e. The Hall–Kier alpha value is -0.480. The van der Waals surface area contributed by atoms with Gasteiger partial charge in [-0.15, -0.1) is 0 Å². The van der Waals surface area contributed by atoms with E-state index in [1.165, 1.54) is 0 Å². The Balaban J connectivity index is 2.33. The van der Waals surface area contributed by atoms with Crippen molar-refractivity contribution in [2.45, 2.75) is 26.3 Å². The Morgan fingerprint density at radius 3 is 2.67 bits per heavy atom. The molecule has 3 nitrogen and oxygen atoms in total. The minimum atomic E-state index is -0.105. The summed E-state index contributed by atoms with van der Waals surface area (Å²) >= 11 is 18.2. The molecule has 1 aliphatic rings. The van der Waals surface area contributed by atoms with Crippen LogP contribution in [0, 0.1) is 5.92 Å². The quantitative estimate of drug-likeness (QED) is 0.830. The van der Waals surface area contributed by atoms with Crippen LogP contribution in [0.5, 0.6) is 0 Å². The second-order valence-corrected chi connectivity index (χ2v) is 6.97. The van der Waals surface area contributed by atoms with Crippen LogP contribution in [0.2, 0.25) is 15.1 Å². The van der Waals surface area contributed by atoms with Crippen molar-refractivity contribution in [1.82, 2.24) is 10.2 Å². The zero-order chi connectivity index (χ0) is 15.6. The highest BCUT2D eigenvalue weighted by Crippen LogP contribution is 2.31. The summed E-state index contributed by atoms with van der Waals surface area (Å²) in [5, 5.41) is 4.29. The highest BCUT2D eigenvalue weighted by molar-refractivity contribution is 6.45. The fraction of sp³-hybridized carbons (Fsp3) is 0.533. The van der Waals surface area contributed by atoms with E-state index in [0.717, 1.165) is 19.5 Å². The number of benzene rings is 1. The summed E-state index contributed by atoms with van der Waals surface area (Å²) in [5.74, 6) is 0.273. The van der Waals surface area contributed by atoms with Crippen molar-refractivity contribution in [3.63, 3.8) is 0 Å². The third-order valence-electron chi connectivity index (χ3n) is 3.52. The number of hydrogen-bond acceptors (Lipinski definition) is 2. The molecule has 0 saturated carbocycles. The maximum atomic E-state index is 12.9. The molecule has 1 aliphatic heterocycles. The van der Waals surface area contributed by atoms with E-state index in [0.29, 0.717) is 28.1 Å². The van der Waals surface area contributed by atoms with Gasteiger partial charge in [-0.25, -0.2) is 0 Å². The highest BCUT2D eigenvalue weighted by Gasteiger charge is 2.29. The van der Waals surface area contributed by atoms with Gasteiger partial charge in [-0.2, -0.15) is 0 Å². The maximum Gasteiger partial charge on any atom is 0.255 e. The average Bonchev–Trinajstić information content (AvgIpc) is 2.93. The Labute approximate surface area is 140 Å². The fourth-order valence-electron chi connectivity index (χ4n) is 2.56. The van der Waals surface area contributed by atoms with Crippen LogP contribution in [0.25, 0.3) is 0 Å². The molecular formula is C15H19Cl3N2O. The van der Waals surface area contributed by atoms with Crippen LogP contribution < -0.4 is 5.32 Å². The minimum absolute atomic E-state index is 0.105. The summed E-state index contributed by atoms with van der Waals surface area (Å²) in [5.41, 5.74) is 0.377. The van der Waals surface area contributed by atoms with E-state index in [2.05, 4.69) is 19.2 Å². The second kappa shape index (κ2) is 7.19.